The molecule has 208 valence electrons. The lowest BCUT2D eigenvalue weighted by molar-refractivity contribution is -0.135. The fraction of sp³-hybridized carbons (Fsp3) is 0.324. The highest BCUT2D eigenvalue weighted by atomic mass is 19.1. The smallest absolute Gasteiger partial charge is 0.242 e. The predicted octanol–water partition coefficient (Wildman–Crippen LogP) is 6.96. The molecule has 1 aliphatic heterocycles. The first-order valence-electron chi connectivity index (χ1n) is 14.7. The Morgan fingerprint density at radius 3 is 2.54 bits per heavy atom. The Balaban J connectivity index is 1.41. The first-order valence-corrected chi connectivity index (χ1v) is 14.7. The number of benzene rings is 3. The number of carbonyl (C=O) groups is 1. The molecule has 0 spiro atoms. The summed E-state index contributed by atoms with van der Waals surface area (Å²) >= 11 is 0. The molecule has 5 aromatic rings. The number of hydrogen-bond acceptors (Lipinski definition) is 4. The Morgan fingerprint density at radius 2 is 1.71 bits per heavy atom. The van der Waals surface area contributed by atoms with Gasteiger partial charge in [0.1, 0.15) is 12.4 Å². The van der Waals surface area contributed by atoms with Gasteiger partial charge in [-0.25, -0.2) is 9.37 Å². The Kier molecular flexibility index (Phi) is 6.97. The topological polar surface area (TPSA) is 60.2 Å². The van der Waals surface area contributed by atoms with Gasteiger partial charge in [0.15, 0.2) is 0 Å². The van der Waals surface area contributed by atoms with Crippen molar-refractivity contribution in [1.82, 2.24) is 19.4 Å². The normalized spacial score (nSPS) is 16.5. The number of halogens is 1. The lowest BCUT2D eigenvalue weighted by atomic mass is 9.82. The molecule has 0 atom stereocenters. The maximum atomic E-state index is 14.6. The summed E-state index contributed by atoms with van der Waals surface area (Å²) in [5, 5.41) is 1.22. The van der Waals surface area contributed by atoms with Crippen molar-refractivity contribution in [2.75, 3.05) is 26.3 Å². The molecule has 3 heterocycles. The van der Waals surface area contributed by atoms with Crippen LogP contribution >= 0.6 is 0 Å². The predicted molar refractivity (Wildman–Crippen MR) is 159 cm³/mol. The summed E-state index contributed by atoms with van der Waals surface area (Å²) in [5.74, 6) is 0.210. The van der Waals surface area contributed by atoms with Crippen LogP contribution in [0.5, 0.6) is 0 Å². The van der Waals surface area contributed by atoms with Gasteiger partial charge < -0.3 is 14.2 Å². The molecule has 2 aromatic heterocycles. The number of para-hydroxylation sites is 1. The fourth-order valence-electron chi connectivity index (χ4n) is 6.62. The second-order valence-corrected chi connectivity index (χ2v) is 11.1. The number of nitrogens with zero attached hydrogens (tertiary/aromatic N) is 4. The molecule has 41 heavy (non-hydrogen) atoms. The SMILES string of the molecule is O=C(Cn1c(-c2ccc3ncc(-c4ccccc4F)nc3c2)c(C2CCCCC2)c2ccccc21)N1CCOCC1. The van der Waals surface area contributed by atoms with Crippen molar-refractivity contribution in [3.8, 4) is 22.5 Å². The van der Waals surface area contributed by atoms with Crippen LogP contribution in [0.15, 0.2) is 72.9 Å². The minimum atomic E-state index is -0.321. The van der Waals surface area contributed by atoms with E-state index in [9.17, 15) is 9.18 Å². The van der Waals surface area contributed by atoms with Crippen LogP contribution in [0, 0.1) is 5.82 Å². The maximum absolute atomic E-state index is 14.6. The average molecular weight is 549 g/mol. The van der Waals surface area contributed by atoms with Gasteiger partial charge in [0.05, 0.1) is 41.8 Å². The second-order valence-electron chi connectivity index (χ2n) is 11.1. The highest BCUT2D eigenvalue weighted by Gasteiger charge is 2.28. The number of carbonyl (C=O) groups excluding carboxylic acids is 1. The molecule has 0 radical (unpaired) electrons. The van der Waals surface area contributed by atoms with Crippen molar-refractivity contribution in [2.45, 2.75) is 44.6 Å². The van der Waals surface area contributed by atoms with E-state index < -0.39 is 0 Å². The standard InChI is InChI=1S/C34H33FN4O2/c35-27-12-6-4-10-25(27)30-21-36-28-15-14-24(20-29(28)37-30)34-33(23-8-2-1-3-9-23)26-11-5-7-13-31(26)39(34)22-32(40)38-16-18-41-19-17-38/h4-7,10-15,20-21,23H,1-3,8-9,16-19,22H2. The van der Waals surface area contributed by atoms with Crippen LogP contribution in [0.2, 0.25) is 0 Å². The minimum absolute atomic E-state index is 0.105. The zero-order valence-electron chi connectivity index (χ0n) is 23.1. The van der Waals surface area contributed by atoms with Gasteiger partial charge in [-0.1, -0.05) is 55.7 Å². The summed E-state index contributed by atoms with van der Waals surface area (Å²) in [5.41, 5.74) is 6.88. The first kappa shape index (κ1) is 25.8. The van der Waals surface area contributed by atoms with E-state index in [-0.39, 0.29) is 18.3 Å². The summed E-state index contributed by atoms with van der Waals surface area (Å²) in [7, 11) is 0. The van der Waals surface area contributed by atoms with Gasteiger partial charge in [0.25, 0.3) is 0 Å². The lowest BCUT2D eigenvalue weighted by Crippen LogP contribution is -2.42. The van der Waals surface area contributed by atoms with Gasteiger partial charge in [0.2, 0.25) is 5.91 Å². The highest BCUT2D eigenvalue weighted by molar-refractivity contribution is 5.95. The number of rotatable bonds is 5. The monoisotopic (exact) mass is 548 g/mol. The van der Waals surface area contributed by atoms with Crippen molar-refractivity contribution < 1.29 is 13.9 Å². The molecule has 3 aromatic carbocycles. The van der Waals surface area contributed by atoms with Crippen LogP contribution in [0.25, 0.3) is 44.5 Å². The summed E-state index contributed by atoms with van der Waals surface area (Å²) in [6.45, 7) is 2.65. The van der Waals surface area contributed by atoms with Crippen molar-refractivity contribution in [3.05, 3.63) is 84.3 Å². The summed E-state index contributed by atoms with van der Waals surface area (Å²) in [6.07, 6.45) is 7.61. The quantitative estimate of drug-likeness (QED) is 0.238. The molecule has 1 amide bonds. The van der Waals surface area contributed by atoms with Crippen molar-refractivity contribution in [2.24, 2.45) is 0 Å². The summed E-state index contributed by atoms with van der Waals surface area (Å²) < 4.78 is 22.3. The Bertz CT molecular complexity index is 1730. The highest BCUT2D eigenvalue weighted by Crippen LogP contribution is 2.44. The van der Waals surface area contributed by atoms with Gasteiger partial charge in [-0.2, -0.15) is 0 Å². The molecule has 0 bridgehead atoms. The molecule has 2 aliphatic rings. The molecule has 6 nitrogen and oxygen atoms in total. The Morgan fingerprint density at radius 1 is 0.927 bits per heavy atom. The van der Waals surface area contributed by atoms with Gasteiger partial charge in [-0.15, -0.1) is 0 Å². The zero-order valence-corrected chi connectivity index (χ0v) is 23.1. The van der Waals surface area contributed by atoms with E-state index in [2.05, 4.69) is 45.9 Å². The largest absolute Gasteiger partial charge is 0.378 e. The van der Waals surface area contributed by atoms with E-state index >= 15 is 0 Å². The molecule has 1 saturated heterocycles. The third-order valence-electron chi connectivity index (χ3n) is 8.65. The fourth-order valence-corrected chi connectivity index (χ4v) is 6.62. The molecular weight excluding hydrogens is 515 g/mol. The zero-order chi connectivity index (χ0) is 27.8. The summed E-state index contributed by atoms with van der Waals surface area (Å²) in [6, 6.07) is 21.3. The third kappa shape index (κ3) is 4.88. The average Bonchev–Trinajstić information content (AvgIpc) is 3.35. The number of ether oxygens (including phenoxy) is 1. The van der Waals surface area contributed by atoms with E-state index in [1.165, 1.54) is 36.3 Å². The van der Waals surface area contributed by atoms with Crippen LogP contribution in [-0.4, -0.2) is 51.6 Å². The van der Waals surface area contributed by atoms with E-state index in [0.717, 1.165) is 35.1 Å². The van der Waals surface area contributed by atoms with Crippen LogP contribution in [0.1, 0.15) is 43.6 Å². The van der Waals surface area contributed by atoms with Crippen molar-refractivity contribution >= 4 is 27.8 Å². The molecular formula is C34H33FN4O2. The second kappa shape index (κ2) is 11.1. The molecule has 7 heteroatoms. The molecule has 0 unspecified atom stereocenters. The number of amides is 1. The van der Waals surface area contributed by atoms with Crippen LogP contribution < -0.4 is 0 Å². The molecule has 7 rings (SSSR count). The third-order valence-corrected chi connectivity index (χ3v) is 8.65. The molecule has 0 N–H and O–H groups in total. The molecule has 1 saturated carbocycles. The van der Waals surface area contributed by atoms with Gasteiger partial charge in [0, 0.05) is 35.1 Å². The molecule has 1 aliphatic carbocycles. The number of hydrogen-bond donors (Lipinski definition) is 0. The lowest BCUT2D eigenvalue weighted by Gasteiger charge is -2.28. The molecule has 2 fully saturated rings. The minimum Gasteiger partial charge on any atom is -0.378 e. The first-order chi connectivity index (χ1) is 20.2. The number of morpholine rings is 1. The number of fused-ring (bicyclic) bond motifs is 2. The Labute approximate surface area is 238 Å². The maximum Gasteiger partial charge on any atom is 0.242 e. The van der Waals surface area contributed by atoms with Crippen molar-refractivity contribution in [3.63, 3.8) is 0 Å². The van der Waals surface area contributed by atoms with Crippen LogP contribution in [0.3, 0.4) is 0 Å². The van der Waals surface area contributed by atoms with E-state index in [1.54, 1.807) is 24.4 Å². The van der Waals surface area contributed by atoms with E-state index in [0.29, 0.717) is 49.0 Å². The van der Waals surface area contributed by atoms with E-state index in [4.69, 9.17) is 9.72 Å². The van der Waals surface area contributed by atoms with Gasteiger partial charge >= 0.3 is 0 Å². The van der Waals surface area contributed by atoms with Crippen LogP contribution in [-0.2, 0) is 16.1 Å². The Hall–Kier alpha value is -4.10. The van der Waals surface area contributed by atoms with E-state index in [1.807, 2.05) is 11.0 Å². The summed E-state index contributed by atoms with van der Waals surface area (Å²) in [4.78, 5) is 25.0. The van der Waals surface area contributed by atoms with Crippen molar-refractivity contribution in [1.29, 1.82) is 0 Å². The van der Waals surface area contributed by atoms with Crippen LogP contribution in [0.4, 0.5) is 4.39 Å². The van der Waals surface area contributed by atoms with Gasteiger partial charge in [-0.3, -0.25) is 9.78 Å². The number of aromatic nitrogens is 3. The van der Waals surface area contributed by atoms with Gasteiger partial charge in [-0.05, 0) is 54.7 Å².